The third-order valence-corrected chi connectivity index (χ3v) is 8.27. The van der Waals surface area contributed by atoms with E-state index in [0.717, 1.165) is 32.1 Å². The van der Waals surface area contributed by atoms with Gasteiger partial charge >= 0.3 is 11.9 Å². The molecule has 0 spiro atoms. The first kappa shape index (κ1) is 37.9. The second kappa shape index (κ2) is 29.9. The Kier molecular flexibility index (Phi) is 29.1. The van der Waals surface area contributed by atoms with E-state index in [-0.39, 0.29) is 17.9 Å². The molecule has 0 fully saturated rings. The summed E-state index contributed by atoms with van der Waals surface area (Å²) in [7, 11) is 0. The molecule has 0 saturated carbocycles. The number of esters is 2. The van der Waals surface area contributed by atoms with Crippen molar-refractivity contribution in [3.8, 4) is 0 Å². The fourth-order valence-corrected chi connectivity index (χ4v) is 5.14. The van der Waals surface area contributed by atoms with Crippen LogP contribution in [0.2, 0.25) is 0 Å². The van der Waals surface area contributed by atoms with Gasteiger partial charge in [0.15, 0.2) is 0 Å². The highest BCUT2D eigenvalue weighted by Gasteiger charge is 2.21. The van der Waals surface area contributed by atoms with Crippen LogP contribution in [-0.4, -0.2) is 25.2 Å². The van der Waals surface area contributed by atoms with Gasteiger partial charge in [-0.2, -0.15) is 0 Å². The molecule has 0 aromatic carbocycles. The Bertz CT molecular complexity index is 533. The SMILES string of the molecule is CCCCCCCCOC(=O)CCCCCCCCCCCCCC(C)C(C)C(=O)OCCCCCCCC. The Labute approximate surface area is 244 Å². The standard InChI is InChI=1S/C35H68O4/c1-5-7-9-11-22-26-30-38-34(36)29-25-21-19-17-15-13-14-16-18-20-24-28-32(3)33(4)35(37)39-31-27-23-12-10-8-6-2/h32-33H,5-31H2,1-4H3. The summed E-state index contributed by atoms with van der Waals surface area (Å²) in [4.78, 5) is 24.1. The third-order valence-electron chi connectivity index (χ3n) is 8.27. The van der Waals surface area contributed by atoms with Gasteiger partial charge in [-0.15, -0.1) is 0 Å². The second-order valence-electron chi connectivity index (χ2n) is 12.1. The summed E-state index contributed by atoms with van der Waals surface area (Å²) in [6, 6.07) is 0. The van der Waals surface area contributed by atoms with Crippen molar-refractivity contribution >= 4 is 11.9 Å². The maximum Gasteiger partial charge on any atom is 0.308 e. The second-order valence-corrected chi connectivity index (χ2v) is 12.1. The van der Waals surface area contributed by atoms with Crippen LogP contribution in [0.1, 0.15) is 188 Å². The van der Waals surface area contributed by atoms with Crippen molar-refractivity contribution in [2.24, 2.45) is 11.8 Å². The molecule has 0 aliphatic carbocycles. The van der Waals surface area contributed by atoms with Gasteiger partial charge < -0.3 is 9.47 Å². The van der Waals surface area contributed by atoms with Crippen LogP contribution in [0.4, 0.5) is 0 Å². The highest BCUT2D eigenvalue weighted by atomic mass is 16.5. The summed E-state index contributed by atoms with van der Waals surface area (Å²) in [5.41, 5.74) is 0. The number of carbonyl (C=O) groups excluding carboxylic acids is 2. The normalized spacial score (nSPS) is 12.8. The zero-order chi connectivity index (χ0) is 28.8. The lowest BCUT2D eigenvalue weighted by molar-refractivity contribution is -0.150. The molecule has 39 heavy (non-hydrogen) atoms. The first-order chi connectivity index (χ1) is 19.0. The molecule has 0 aliphatic rings. The van der Waals surface area contributed by atoms with Gasteiger partial charge in [0.05, 0.1) is 19.1 Å². The molecule has 0 aliphatic heterocycles. The van der Waals surface area contributed by atoms with Crippen molar-refractivity contribution in [2.45, 2.75) is 188 Å². The van der Waals surface area contributed by atoms with Gasteiger partial charge in [0, 0.05) is 6.42 Å². The Morgan fingerprint density at radius 1 is 0.487 bits per heavy atom. The lowest BCUT2D eigenvalue weighted by Gasteiger charge is -2.18. The Morgan fingerprint density at radius 3 is 1.36 bits per heavy atom. The number of ether oxygens (including phenoxy) is 2. The summed E-state index contributed by atoms with van der Waals surface area (Å²) in [6.07, 6.45) is 30.2. The zero-order valence-corrected chi connectivity index (χ0v) is 26.9. The Morgan fingerprint density at radius 2 is 0.872 bits per heavy atom. The lowest BCUT2D eigenvalue weighted by atomic mass is 9.90. The minimum absolute atomic E-state index is 0.000474. The van der Waals surface area contributed by atoms with E-state index >= 15 is 0 Å². The van der Waals surface area contributed by atoms with Crippen LogP contribution in [0.5, 0.6) is 0 Å². The van der Waals surface area contributed by atoms with Gasteiger partial charge in [-0.25, -0.2) is 0 Å². The molecule has 232 valence electrons. The number of unbranched alkanes of at least 4 members (excludes halogenated alkanes) is 20. The summed E-state index contributed by atoms with van der Waals surface area (Å²) in [6.45, 7) is 9.91. The highest BCUT2D eigenvalue weighted by molar-refractivity contribution is 5.72. The highest BCUT2D eigenvalue weighted by Crippen LogP contribution is 2.21. The van der Waals surface area contributed by atoms with E-state index in [1.165, 1.54) is 122 Å². The van der Waals surface area contributed by atoms with Crippen molar-refractivity contribution in [1.82, 2.24) is 0 Å². The topological polar surface area (TPSA) is 52.6 Å². The third kappa shape index (κ3) is 26.9. The molecule has 4 heteroatoms. The van der Waals surface area contributed by atoms with E-state index in [0.29, 0.717) is 25.6 Å². The van der Waals surface area contributed by atoms with Gasteiger partial charge in [-0.05, 0) is 31.6 Å². The van der Waals surface area contributed by atoms with E-state index in [1.807, 2.05) is 6.92 Å². The largest absolute Gasteiger partial charge is 0.466 e. The van der Waals surface area contributed by atoms with Crippen LogP contribution in [0.25, 0.3) is 0 Å². The molecule has 0 N–H and O–H groups in total. The van der Waals surface area contributed by atoms with Crippen molar-refractivity contribution < 1.29 is 19.1 Å². The van der Waals surface area contributed by atoms with E-state index in [4.69, 9.17) is 9.47 Å². The number of carbonyl (C=O) groups is 2. The quantitative estimate of drug-likeness (QED) is 0.0656. The van der Waals surface area contributed by atoms with Crippen LogP contribution < -0.4 is 0 Å². The minimum Gasteiger partial charge on any atom is -0.466 e. The van der Waals surface area contributed by atoms with E-state index < -0.39 is 0 Å². The molecule has 0 radical (unpaired) electrons. The fraction of sp³-hybridized carbons (Fsp3) is 0.943. The molecular formula is C35H68O4. The summed E-state index contributed by atoms with van der Waals surface area (Å²) in [5.74, 6) is 0.417. The van der Waals surface area contributed by atoms with Crippen molar-refractivity contribution in [2.75, 3.05) is 13.2 Å². The van der Waals surface area contributed by atoms with Crippen LogP contribution in [0.3, 0.4) is 0 Å². The molecule has 0 bridgehead atoms. The maximum absolute atomic E-state index is 12.3. The Balaban J connectivity index is 3.41. The van der Waals surface area contributed by atoms with E-state index in [2.05, 4.69) is 20.8 Å². The summed E-state index contributed by atoms with van der Waals surface area (Å²) in [5, 5.41) is 0. The number of hydrogen-bond donors (Lipinski definition) is 0. The molecule has 0 heterocycles. The zero-order valence-electron chi connectivity index (χ0n) is 26.9. The van der Waals surface area contributed by atoms with E-state index in [1.54, 1.807) is 0 Å². The molecule has 0 saturated heterocycles. The Hall–Kier alpha value is -1.06. The van der Waals surface area contributed by atoms with Crippen LogP contribution in [0, 0.1) is 11.8 Å². The maximum atomic E-state index is 12.3. The average Bonchev–Trinajstić information content (AvgIpc) is 2.93. The summed E-state index contributed by atoms with van der Waals surface area (Å²) < 4.78 is 10.9. The van der Waals surface area contributed by atoms with Crippen LogP contribution in [0.15, 0.2) is 0 Å². The predicted octanol–water partition coefficient (Wildman–Crippen LogP) is 11.1. The lowest BCUT2D eigenvalue weighted by Crippen LogP contribution is -2.22. The smallest absolute Gasteiger partial charge is 0.308 e. The minimum atomic E-state index is -0.00385. The first-order valence-corrected chi connectivity index (χ1v) is 17.3. The van der Waals surface area contributed by atoms with Gasteiger partial charge in [0.2, 0.25) is 0 Å². The van der Waals surface area contributed by atoms with E-state index in [9.17, 15) is 9.59 Å². The van der Waals surface area contributed by atoms with Gasteiger partial charge in [-0.1, -0.05) is 156 Å². The van der Waals surface area contributed by atoms with Crippen LogP contribution >= 0.6 is 0 Å². The van der Waals surface area contributed by atoms with Gasteiger partial charge in [-0.3, -0.25) is 9.59 Å². The molecular weight excluding hydrogens is 484 g/mol. The monoisotopic (exact) mass is 553 g/mol. The van der Waals surface area contributed by atoms with Gasteiger partial charge in [0.25, 0.3) is 0 Å². The van der Waals surface area contributed by atoms with Crippen molar-refractivity contribution in [3.63, 3.8) is 0 Å². The summed E-state index contributed by atoms with van der Waals surface area (Å²) >= 11 is 0. The number of hydrogen-bond acceptors (Lipinski definition) is 4. The number of rotatable bonds is 30. The molecule has 0 amide bonds. The van der Waals surface area contributed by atoms with Gasteiger partial charge in [0.1, 0.15) is 0 Å². The molecule has 2 unspecified atom stereocenters. The van der Waals surface area contributed by atoms with Crippen molar-refractivity contribution in [1.29, 1.82) is 0 Å². The average molecular weight is 553 g/mol. The first-order valence-electron chi connectivity index (χ1n) is 17.3. The molecule has 0 aromatic rings. The van der Waals surface area contributed by atoms with Crippen molar-refractivity contribution in [3.05, 3.63) is 0 Å². The molecule has 0 rings (SSSR count). The predicted molar refractivity (Wildman–Crippen MR) is 167 cm³/mol. The molecule has 2 atom stereocenters. The fourth-order valence-electron chi connectivity index (χ4n) is 5.14. The van der Waals surface area contributed by atoms with Crippen LogP contribution in [-0.2, 0) is 19.1 Å². The molecule has 4 nitrogen and oxygen atoms in total. The molecule has 0 aromatic heterocycles.